The van der Waals surface area contributed by atoms with Gasteiger partial charge in [0, 0.05) is 66.7 Å². The number of aromatic nitrogens is 3. The molecule has 13 heteroatoms. The van der Waals surface area contributed by atoms with Crippen LogP contribution in [-0.4, -0.2) is 65.4 Å². The van der Waals surface area contributed by atoms with E-state index in [9.17, 15) is 4.79 Å². The number of amides is 1. The molecule has 0 radical (unpaired) electrons. The Bertz CT molecular complexity index is 1660. The van der Waals surface area contributed by atoms with Gasteiger partial charge in [-0.25, -0.2) is 14.4 Å². The SMILES string of the molecule is COc1nc(-c2ccnc(-c3cccc(Nc4nccc(CNCCO)c4F)c3Cl)c2Cl)ccc1CCNC[C@@H]1CCC(=O)N1. The molecule has 1 fully saturated rings. The van der Waals surface area contributed by atoms with Crippen LogP contribution in [0.2, 0.25) is 10.0 Å². The molecular formula is C32H34Cl2FN7O3. The van der Waals surface area contributed by atoms with Gasteiger partial charge in [-0.2, -0.15) is 0 Å². The predicted molar refractivity (Wildman–Crippen MR) is 173 cm³/mol. The number of aliphatic hydroxyl groups excluding tert-OH is 1. The van der Waals surface area contributed by atoms with Crippen LogP contribution >= 0.6 is 23.2 Å². The normalized spacial score (nSPS) is 14.4. The highest BCUT2D eigenvalue weighted by Gasteiger charge is 2.21. The first-order chi connectivity index (χ1) is 21.9. The summed E-state index contributed by atoms with van der Waals surface area (Å²) in [6.45, 7) is 1.96. The summed E-state index contributed by atoms with van der Waals surface area (Å²) >= 11 is 13.7. The smallest absolute Gasteiger partial charge is 0.220 e. The maximum atomic E-state index is 15.2. The van der Waals surface area contributed by atoms with Crippen LogP contribution in [0, 0.1) is 5.82 Å². The number of nitrogens with one attached hydrogen (secondary N) is 4. The van der Waals surface area contributed by atoms with Crippen molar-refractivity contribution in [3.8, 4) is 28.4 Å². The number of pyridine rings is 3. The van der Waals surface area contributed by atoms with Gasteiger partial charge in [0.15, 0.2) is 11.6 Å². The molecule has 4 heterocycles. The minimum Gasteiger partial charge on any atom is -0.481 e. The van der Waals surface area contributed by atoms with E-state index in [1.54, 1.807) is 43.6 Å². The maximum absolute atomic E-state index is 15.2. The fourth-order valence-electron chi connectivity index (χ4n) is 5.09. The van der Waals surface area contributed by atoms with Gasteiger partial charge in [-0.3, -0.25) is 9.78 Å². The van der Waals surface area contributed by atoms with Crippen molar-refractivity contribution in [1.29, 1.82) is 0 Å². The lowest BCUT2D eigenvalue weighted by molar-refractivity contribution is -0.119. The van der Waals surface area contributed by atoms with E-state index in [4.69, 9.17) is 38.0 Å². The molecule has 1 atom stereocenters. The Morgan fingerprint density at radius 1 is 1.02 bits per heavy atom. The van der Waals surface area contributed by atoms with Crippen LogP contribution in [0.25, 0.3) is 22.5 Å². The molecular weight excluding hydrogens is 620 g/mol. The summed E-state index contributed by atoms with van der Waals surface area (Å²) in [5.41, 5.74) is 3.99. The molecule has 1 amide bonds. The highest BCUT2D eigenvalue weighted by molar-refractivity contribution is 6.39. The maximum Gasteiger partial charge on any atom is 0.220 e. The quantitative estimate of drug-likeness (QED) is 0.121. The monoisotopic (exact) mass is 653 g/mol. The zero-order valence-electron chi connectivity index (χ0n) is 24.7. The largest absolute Gasteiger partial charge is 0.481 e. The average Bonchev–Trinajstić information content (AvgIpc) is 3.47. The second-order valence-corrected chi connectivity index (χ2v) is 11.2. The van der Waals surface area contributed by atoms with Crippen molar-refractivity contribution < 1.29 is 19.0 Å². The Morgan fingerprint density at radius 3 is 2.64 bits per heavy atom. The zero-order valence-corrected chi connectivity index (χ0v) is 26.2. The fourth-order valence-corrected chi connectivity index (χ4v) is 5.67. The van der Waals surface area contributed by atoms with Gasteiger partial charge >= 0.3 is 0 Å². The average molecular weight is 655 g/mol. The first kappa shape index (κ1) is 32.5. The van der Waals surface area contributed by atoms with Gasteiger partial charge in [-0.05, 0) is 43.7 Å². The molecule has 5 rings (SSSR count). The lowest BCUT2D eigenvalue weighted by Crippen LogP contribution is -2.36. The number of carbonyl (C=O) groups excluding carboxylic acids is 1. The number of hydrogen-bond donors (Lipinski definition) is 5. The predicted octanol–water partition coefficient (Wildman–Crippen LogP) is 4.90. The standard InChI is InChI=1S/C32H34Cl2FN7O3/c1-45-32-19(9-12-36-18-21-6-8-26(44)40-21)5-7-24(42-32)22-11-14-38-30(28(22)34)23-3-2-4-25(27(23)33)41-31-29(35)20(10-13-39-31)17-37-15-16-43/h2-5,7,10-11,13-14,21,36-37,43H,6,8-9,12,15-18H2,1H3,(H,39,41)(H,40,44)/t21-/m0/s1. The van der Waals surface area contributed by atoms with Crippen LogP contribution in [-0.2, 0) is 17.8 Å². The molecule has 4 aromatic rings. The van der Waals surface area contributed by atoms with Crippen LogP contribution < -0.4 is 26.0 Å². The third-order valence-corrected chi connectivity index (χ3v) is 8.21. The molecule has 0 bridgehead atoms. The highest BCUT2D eigenvalue weighted by Crippen LogP contribution is 2.40. The summed E-state index contributed by atoms with van der Waals surface area (Å²) in [6.07, 6.45) is 5.25. The minimum atomic E-state index is -0.524. The first-order valence-electron chi connectivity index (χ1n) is 14.6. The number of hydrogen-bond acceptors (Lipinski definition) is 9. The molecule has 45 heavy (non-hydrogen) atoms. The number of benzene rings is 1. The number of methoxy groups -OCH3 is 1. The van der Waals surface area contributed by atoms with Crippen LogP contribution in [0.4, 0.5) is 15.9 Å². The molecule has 10 nitrogen and oxygen atoms in total. The lowest BCUT2D eigenvalue weighted by atomic mass is 10.0. The third kappa shape index (κ3) is 7.86. The summed E-state index contributed by atoms with van der Waals surface area (Å²) in [5.74, 6) is 0.0856. The van der Waals surface area contributed by atoms with Crippen molar-refractivity contribution in [3.05, 3.63) is 81.8 Å². The summed E-state index contributed by atoms with van der Waals surface area (Å²) in [7, 11) is 1.58. The summed E-state index contributed by atoms with van der Waals surface area (Å²) in [4.78, 5) is 24.8. The molecule has 3 aromatic heterocycles. The van der Waals surface area contributed by atoms with E-state index in [0.717, 1.165) is 18.5 Å². The van der Waals surface area contributed by atoms with Crippen molar-refractivity contribution in [2.75, 3.05) is 38.7 Å². The van der Waals surface area contributed by atoms with Gasteiger partial charge < -0.3 is 31.1 Å². The van der Waals surface area contributed by atoms with E-state index in [2.05, 4.69) is 31.2 Å². The number of aliphatic hydroxyl groups is 1. The number of halogens is 3. The number of rotatable bonds is 14. The number of anilines is 2. The van der Waals surface area contributed by atoms with Gasteiger partial charge in [-0.15, -0.1) is 0 Å². The topological polar surface area (TPSA) is 133 Å². The molecule has 1 aliphatic heterocycles. The zero-order chi connectivity index (χ0) is 31.8. The molecule has 1 aromatic carbocycles. The van der Waals surface area contributed by atoms with Crippen LogP contribution in [0.5, 0.6) is 5.88 Å². The van der Waals surface area contributed by atoms with Gasteiger partial charge in [0.05, 0.1) is 40.8 Å². The Balaban J connectivity index is 1.34. The molecule has 1 saturated heterocycles. The molecule has 0 saturated carbocycles. The third-order valence-electron chi connectivity index (χ3n) is 7.42. The Labute approximate surface area is 270 Å². The second-order valence-electron chi connectivity index (χ2n) is 10.5. The van der Waals surface area contributed by atoms with Gasteiger partial charge in [-0.1, -0.05) is 41.4 Å². The van der Waals surface area contributed by atoms with Crippen LogP contribution in [0.1, 0.15) is 24.0 Å². The highest BCUT2D eigenvalue weighted by atomic mass is 35.5. The number of ether oxygens (including phenoxy) is 1. The van der Waals surface area contributed by atoms with E-state index < -0.39 is 5.82 Å². The molecule has 0 unspecified atom stereocenters. The van der Waals surface area contributed by atoms with E-state index in [0.29, 0.717) is 75.6 Å². The molecule has 0 aliphatic carbocycles. The lowest BCUT2D eigenvalue weighted by Gasteiger charge is -2.15. The van der Waals surface area contributed by atoms with Crippen molar-refractivity contribution in [3.63, 3.8) is 0 Å². The van der Waals surface area contributed by atoms with E-state index in [-0.39, 0.29) is 30.9 Å². The molecule has 5 N–H and O–H groups in total. The van der Waals surface area contributed by atoms with Crippen molar-refractivity contribution in [2.45, 2.75) is 31.8 Å². The van der Waals surface area contributed by atoms with Gasteiger partial charge in [0.25, 0.3) is 0 Å². The summed E-state index contributed by atoms with van der Waals surface area (Å²) in [5, 5.41) is 21.9. The molecule has 1 aliphatic rings. The van der Waals surface area contributed by atoms with Crippen molar-refractivity contribution in [2.24, 2.45) is 0 Å². The molecule has 236 valence electrons. The second kappa shape index (κ2) is 15.4. The van der Waals surface area contributed by atoms with Gasteiger partial charge in [0.1, 0.15) is 0 Å². The van der Waals surface area contributed by atoms with Crippen LogP contribution in [0.15, 0.2) is 54.9 Å². The van der Waals surface area contributed by atoms with E-state index in [1.165, 1.54) is 6.20 Å². The summed E-state index contributed by atoms with van der Waals surface area (Å²) < 4.78 is 20.8. The minimum absolute atomic E-state index is 0.0158. The van der Waals surface area contributed by atoms with Gasteiger partial charge in [0.2, 0.25) is 11.8 Å². The van der Waals surface area contributed by atoms with Crippen molar-refractivity contribution >= 4 is 40.6 Å². The number of nitrogens with zero attached hydrogens (tertiary/aromatic N) is 3. The fraction of sp³-hybridized carbons (Fsp3) is 0.312. The Kier molecular flexibility index (Phi) is 11.1. The Hall–Kier alpha value is -3.87. The Morgan fingerprint density at radius 2 is 1.87 bits per heavy atom. The van der Waals surface area contributed by atoms with E-state index in [1.807, 2.05) is 12.1 Å². The van der Waals surface area contributed by atoms with Crippen LogP contribution in [0.3, 0.4) is 0 Å². The summed E-state index contributed by atoms with van der Waals surface area (Å²) in [6, 6.07) is 12.6. The first-order valence-corrected chi connectivity index (χ1v) is 15.3. The number of carbonyl (C=O) groups is 1. The van der Waals surface area contributed by atoms with Crippen molar-refractivity contribution in [1.82, 2.24) is 30.9 Å². The molecule has 0 spiro atoms. The van der Waals surface area contributed by atoms with E-state index >= 15 is 4.39 Å².